The highest BCUT2D eigenvalue weighted by atomic mass is 35.5. The summed E-state index contributed by atoms with van der Waals surface area (Å²) in [5.41, 5.74) is 0.214. The number of fused-ring (bicyclic) bond motifs is 1. The first kappa shape index (κ1) is 22.0. The summed E-state index contributed by atoms with van der Waals surface area (Å²) in [6.45, 7) is 0.579. The van der Waals surface area contributed by atoms with Gasteiger partial charge in [0.1, 0.15) is 5.75 Å². The molecule has 1 amide bonds. The normalized spacial score (nSPS) is 36.8. The maximum absolute atomic E-state index is 12.9. The second-order valence-electron chi connectivity index (χ2n) is 10.2. The third-order valence-corrected chi connectivity index (χ3v) is 7.52. The zero-order valence-electron chi connectivity index (χ0n) is 17.7. The van der Waals surface area contributed by atoms with Gasteiger partial charge < -0.3 is 19.9 Å². The molecule has 6 rings (SSSR count). The minimum atomic E-state index is -3.18. The zero-order valence-corrected chi connectivity index (χ0v) is 18.5. The number of Topliss-reactive ketones (excluding diaryl/α,β-unsaturated/α-hetero) is 1. The fourth-order valence-electron chi connectivity index (χ4n) is 5.78. The Kier molecular flexibility index (Phi) is 5.08. The number of amides is 1. The van der Waals surface area contributed by atoms with Crippen molar-refractivity contribution in [1.82, 2.24) is 5.32 Å². The third kappa shape index (κ3) is 4.13. The summed E-state index contributed by atoms with van der Waals surface area (Å²) in [5, 5.41) is 14.0. The highest BCUT2D eigenvalue weighted by Crippen LogP contribution is 2.69. The summed E-state index contributed by atoms with van der Waals surface area (Å²) in [5.74, 6) is -0.0848. The van der Waals surface area contributed by atoms with Gasteiger partial charge in [0.2, 0.25) is 5.91 Å². The maximum Gasteiger partial charge on any atom is 0.352 e. The van der Waals surface area contributed by atoms with E-state index in [2.05, 4.69) is 10.1 Å². The molecule has 5 aliphatic rings. The highest BCUT2D eigenvalue weighted by Gasteiger charge is 2.69. The predicted molar refractivity (Wildman–Crippen MR) is 110 cm³/mol. The van der Waals surface area contributed by atoms with Gasteiger partial charge in [0.15, 0.2) is 11.9 Å². The molecule has 4 aliphatic carbocycles. The van der Waals surface area contributed by atoms with Crippen molar-refractivity contribution in [2.45, 2.75) is 69.3 Å². The molecule has 4 saturated carbocycles. The van der Waals surface area contributed by atoms with Gasteiger partial charge in [0, 0.05) is 41.8 Å². The van der Waals surface area contributed by atoms with Crippen LogP contribution < -0.4 is 10.1 Å². The van der Waals surface area contributed by atoms with Crippen LogP contribution in [0.1, 0.15) is 57.1 Å². The van der Waals surface area contributed by atoms with Gasteiger partial charge in [-0.25, -0.2) is 0 Å². The van der Waals surface area contributed by atoms with Gasteiger partial charge in [-0.05, 0) is 55.2 Å². The molecule has 4 fully saturated rings. The van der Waals surface area contributed by atoms with Crippen molar-refractivity contribution in [2.75, 3.05) is 6.61 Å². The second kappa shape index (κ2) is 7.37. The molecular weight excluding hydrogens is 444 g/mol. The highest BCUT2D eigenvalue weighted by molar-refractivity contribution is 6.30. The van der Waals surface area contributed by atoms with Gasteiger partial charge >= 0.3 is 6.11 Å². The lowest BCUT2D eigenvalue weighted by Gasteiger charge is -2.70. The van der Waals surface area contributed by atoms with Crippen LogP contribution in [0.3, 0.4) is 0 Å². The van der Waals surface area contributed by atoms with Crippen LogP contribution in [-0.2, 0) is 14.3 Å². The Morgan fingerprint density at radius 3 is 2.72 bits per heavy atom. The van der Waals surface area contributed by atoms with Crippen LogP contribution in [0.4, 0.5) is 8.78 Å². The Morgan fingerprint density at radius 2 is 2.03 bits per heavy atom. The first-order chi connectivity index (χ1) is 15.0. The maximum atomic E-state index is 12.9. The summed E-state index contributed by atoms with van der Waals surface area (Å²) in [6, 6.07) is 4.99. The van der Waals surface area contributed by atoms with Gasteiger partial charge in [-0.2, -0.15) is 8.78 Å². The number of ether oxygens (including phenoxy) is 2. The number of alkyl halides is 2. The van der Waals surface area contributed by atoms with Crippen LogP contribution in [-0.4, -0.2) is 41.2 Å². The van der Waals surface area contributed by atoms with E-state index in [0.717, 1.165) is 19.3 Å². The van der Waals surface area contributed by atoms with Gasteiger partial charge in [0.05, 0.1) is 12.7 Å². The van der Waals surface area contributed by atoms with E-state index in [1.807, 2.05) is 0 Å². The third-order valence-electron chi connectivity index (χ3n) is 7.28. The number of hydrogen-bond donors (Lipinski definition) is 2. The minimum Gasteiger partial charge on any atom is -0.482 e. The molecule has 1 aliphatic heterocycles. The molecule has 1 aromatic carbocycles. The largest absolute Gasteiger partial charge is 0.482 e. The number of carbonyl (C=O) groups is 2. The summed E-state index contributed by atoms with van der Waals surface area (Å²) in [6.07, 6.45) is -1.34. The van der Waals surface area contributed by atoms with Crippen LogP contribution >= 0.6 is 11.6 Å². The van der Waals surface area contributed by atoms with Crippen molar-refractivity contribution in [3.05, 3.63) is 28.8 Å². The fourth-order valence-corrected chi connectivity index (χ4v) is 5.96. The lowest BCUT2D eigenvalue weighted by atomic mass is 9.38. The molecule has 0 aromatic heterocycles. The monoisotopic (exact) mass is 469 g/mol. The lowest BCUT2D eigenvalue weighted by molar-refractivity contribution is -0.226. The van der Waals surface area contributed by atoms with E-state index in [-0.39, 0.29) is 47.5 Å². The molecule has 0 radical (unpaired) electrons. The summed E-state index contributed by atoms with van der Waals surface area (Å²) >= 11 is 5.97. The Balaban J connectivity index is 1.09. The molecule has 174 valence electrons. The zero-order chi connectivity index (χ0) is 22.9. The number of rotatable bonds is 8. The first-order valence-corrected chi connectivity index (χ1v) is 11.4. The van der Waals surface area contributed by atoms with Gasteiger partial charge in [0.25, 0.3) is 0 Å². The molecule has 9 heteroatoms. The van der Waals surface area contributed by atoms with Crippen LogP contribution in [0.5, 0.6) is 5.75 Å². The minimum absolute atomic E-state index is 0.0378. The van der Waals surface area contributed by atoms with E-state index >= 15 is 0 Å². The number of benzene rings is 1. The average molecular weight is 470 g/mol. The molecule has 32 heavy (non-hydrogen) atoms. The Bertz CT molecular complexity index is 944. The van der Waals surface area contributed by atoms with Crippen LogP contribution in [0.25, 0.3) is 0 Å². The second-order valence-corrected chi connectivity index (χ2v) is 10.6. The number of halogens is 3. The van der Waals surface area contributed by atoms with Crippen molar-refractivity contribution >= 4 is 23.3 Å². The molecule has 2 N–H and O–H groups in total. The van der Waals surface area contributed by atoms with Crippen molar-refractivity contribution in [3.8, 4) is 5.75 Å². The molecule has 4 atom stereocenters. The van der Waals surface area contributed by atoms with Crippen LogP contribution in [0.2, 0.25) is 5.02 Å². The molecule has 0 saturated heterocycles. The van der Waals surface area contributed by atoms with Crippen molar-refractivity contribution in [2.24, 2.45) is 17.3 Å². The smallest absolute Gasteiger partial charge is 0.352 e. The Labute approximate surface area is 189 Å². The average Bonchev–Trinajstić information content (AvgIpc) is 3.43. The summed E-state index contributed by atoms with van der Waals surface area (Å²) in [4.78, 5) is 25.3. The lowest BCUT2D eigenvalue weighted by Crippen LogP contribution is -2.75. The van der Waals surface area contributed by atoms with Gasteiger partial charge in [-0.1, -0.05) is 11.6 Å². The molecule has 6 nitrogen and oxygen atoms in total. The van der Waals surface area contributed by atoms with E-state index in [4.69, 9.17) is 16.3 Å². The number of nitrogens with one attached hydrogen (secondary N) is 1. The van der Waals surface area contributed by atoms with E-state index in [0.29, 0.717) is 36.1 Å². The van der Waals surface area contributed by atoms with Crippen LogP contribution in [0, 0.1) is 17.3 Å². The number of aliphatic hydroxyl groups excluding tert-OH is 1. The van der Waals surface area contributed by atoms with E-state index in [9.17, 15) is 23.5 Å². The summed E-state index contributed by atoms with van der Waals surface area (Å²) < 4.78 is 35.9. The van der Waals surface area contributed by atoms with E-state index < -0.39 is 18.3 Å². The molecule has 2 bridgehead atoms. The van der Waals surface area contributed by atoms with Crippen LogP contribution in [0.15, 0.2) is 18.2 Å². The molecule has 1 aromatic rings. The van der Waals surface area contributed by atoms with Gasteiger partial charge in [-0.3, -0.25) is 9.59 Å². The van der Waals surface area contributed by atoms with Crippen molar-refractivity contribution < 1.29 is 33.0 Å². The molecular formula is C23H26ClF2NO5. The first-order valence-electron chi connectivity index (χ1n) is 11.0. The number of hydrogen-bond acceptors (Lipinski definition) is 5. The Hall–Kier alpha value is -1.77. The number of aliphatic hydroxyl groups is 1. The predicted octanol–water partition coefficient (Wildman–Crippen LogP) is 3.79. The van der Waals surface area contributed by atoms with Crippen molar-refractivity contribution in [3.63, 3.8) is 0 Å². The quantitative estimate of drug-likeness (QED) is 0.605. The Morgan fingerprint density at radius 1 is 1.31 bits per heavy atom. The standard InChI is InChI=1S/C23H26ClF2NO5/c1-21(25,26)31-8-12-4-14(12)20(30)27-23-9-22(10-23,11-23)7-17(29)19-6-16(28)15-5-13(24)2-3-18(15)32-19/h2-3,5,12,14,16,19,28H,4,6-11H2,1H3,(H,27,30)/t12-,14-,16-,19-,22?,23?/m1/s1. The molecule has 1 heterocycles. The van der Waals surface area contributed by atoms with E-state index in [1.165, 1.54) is 0 Å². The number of carbonyl (C=O) groups excluding carboxylic acids is 2. The fraction of sp³-hybridized carbons (Fsp3) is 0.652. The molecule has 0 unspecified atom stereocenters. The number of ketones is 1. The molecule has 0 spiro atoms. The summed E-state index contributed by atoms with van der Waals surface area (Å²) in [7, 11) is 0. The van der Waals surface area contributed by atoms with E-state index in [1.54, 1.807) is 18.2 Å². The topological polar surface area (TPSA) is 84.9 Å². The SMILES string of the molecule is CC(F)(F)OC[C@H]1C[C@H]1C(=O)NC12CC(CC(=O)[C@H]3C[C@@H](O)c4cc(Cl)ccc4O3)(C1)C2. The van der Waals surface area contributed by atoms with Crippen molar-refractivity contribution in [1.29, 1.82) is 0 Å². The van der Waals surface area contributed by atoms with Gasteiger partial charge in [-0.15, -0.1) is 0 Å².